The van der Waals surface area contributed by atoms with E-state index in [4.69, 9.17) is 14.6 Å². The molecule has 0 aliphatic carbocycles. The maximum Gasteiger partial charge on any atom is 0.328 e. The van der Waals surface area contributed by atoms with Gasteiger partial charge in [0, 0.05) is 0 Å². The Balaban J connectivity index is 2.22. The van der Waals surface area contributed by atoms with Crippen molar-refractivity contribution >= 4 is 11.9 Å². The molecule has 0 saturated heterocycles. The summed E-state index contributed by atoms with van der Waals surface area (Å²) >= 11 is 0. The number of carboxylic acid groups (broad SMARTS) is 1. The quantitative estimate of drug-likeness (QED) is 0.836. The number of alkyl halides is 1. The maximum atomic E-state index is 12.5. The first-order valence-electron chi connectivity index (χ1n) is 5.61. The van der Waals surface area contributed by atoms with Crippen LogP contribution in [0.5, 0.6) is 11.5 Å². The van der Waals surface area contributed by atoms with Crippen LogP contribution in [-0.2, 0) is 4.79 Å². The number of hydrogen-bond donors (Lipinski definition) is 2. The number of carbonyl (C=O) groups is 2. The van der Waals surface area contributed by atoms with E-state index >= 15 is 0 Å². The molecule has 0 radical (unpaired) electrons. The lowest BCUT2D eigenvalue weighted by atomic mass is 10.1. The van der Waals surface area contributed by atoms with Gasteiger partial charge < -0.3 is 19.9 Å². The first-order chi connectivity index (χ1) is 9.13. The number of para-hydroxylation sites is 1. The SMILES string of the molecule is O=C(NC(CF)C(=O)O)c1cccc2c1OCCO2. The van der Waals surface area contributed by atoms with Gasteiger partial charge in [0.15, 0.2) is 17.5 Å². The van der Waals surface area contributed by atoms with Gasteiger partial charge in [0.25, 0.3) is 5.91 Å². The van der Waals surface area contributed by atoms with Crippen molar-refractivity contribution in [3.8, 4) is 11.5 Å². The van der Waals surface area contributed by atoms with Gasteiger partial charge in [-0.15, -0.1) is 0 Å². The molecule has 1 unspecified atom stereocenters. The molecule has 6 nitrogen and oxygen atoms in total. The number of aliphatic carboxylic acids is 1. The zero-order valence-electron chi connectivity index (χ0n) is 9.89. The third-order valence-electron chi connectivity index (χ3n) is 2.57. The fraction of sp³-hybridized carbons (Fsp3) is 0.333. The van der Waals surface area contributed by atoms with Crippen LogP contribution in [0.15, 0.2) is 18.2 Å². The van der Waals surface area contributed by atoms with E-state index in [9.17, 15) is 14.0 Å². The molecule has 1 aliphatic rings. The molecule has 0 bridgehead atoms. The number of hydrogen-bond acceptors (Lipinski definition) is 4. The summed E-state index contributed by atoms with van der Waals surface area (Å²) in [6.07, 6.45) is 0. The summed E-state index contributed by atoms with van der Waals surface area (Å²) in [6.45, 7) is -0.517. The van der Waals surface area contributed by atoms with Gasteiger partial charge in [0.05, 0.1) is 5.56 Å². The van der Waals surface area contributed by atoms with Gasteiger partial charge in [-0.3, -0.25) is 4.79 Å². The molecule has 0 aromatic heterocycles. The number of amides is 1. The van der Waals surface area contributed by atoms with Crippen molar-refractivity contribution in [2.45, 2.75) is 6.04 Å². The van der Waals surface area contributed by atoms with Crippen molar-refractivity contribution in [2.24, 2.45) is 0 Å². The third-order valence-corrected chi connectivity index (χ3v) is 2.57. The molecule has 0 fully saturated rings. The van der Waals surface area contributed by atoms with Gasteiger partial charge in [0.1, 0.15) is 19.9 Å². The van der Waals surface area contributed by atoms with Gasteiger partial charge in [-0.25, -0.2) is 9.18 Å². The minimum absolute atomic E-state index is 0.122. The summed E-state index contributed by atoms with van der Waals surface area (Å²) in [5.74, 6) is -1.49. The van der Waals surface area contributed by atoms with E-state index in [0.717, 1.165) is 0 Å². The fourth-order valence-corrected chi connectivity index (χ4v) is 1.65. The summed E-state index contributed by atoms with van der Waals surface area (Å²) < 4.78 is 23.1. The summed E-state index contributed by atoms with van der Waals surface area (Å²) in [4.78, 5) is 22.6. The normalized spacial score (nSPS) is 14.6. The summed E-state index contributed by atoms with van der Waals surface area (Å²) in [7, 11) is 0. The lowest BCUT2D eigenvalue weighted by Gasteiger charge is -2.21. The molecule has 1 heterocycles. The smallest absolute Gasteiger partial charge is 0.328 e. The monoisotopic (exact) mass is 269 g/mol. The summed E-state index contributed by atoms with van der Waals surface area (Å²) in [6, 6.07) is 3.09. The van der Waals surface area contributed by atoms with E-state index in [0.29, 0.717) is 19.0 Å². The lowest BCUT2D eigenvalue weighted by molar-refractivity contribution is -0.139. The van der Waals surface area contributed by atoms with Gasteiger partial charge in [0.2, 0.25) is 0 Å². The molecular formula is C12H12FNO5. The number of ether oxygens (including phenoxy) is 2. The predicted molar refractivity (Wildman–Crippen MR) is 62.3 cm³/mol. The lowest BCUT2D eigenvalue weighted by Crippen LogP contribution is -2.42. The van der Waals surface area contributed by atoms with E-state index in [2.05, 4.69) is 5.32 Å². The Kier molecular flexibility index (Phi) is 3.84. The Morgan fingerprint density at radius 3 is 2.79 bits per heavy atom. The molecule has 1 atom stereocenters. The third kappa shape index (κ3) is 2.75. The van der Waals surface area contributed by atoms with Gasteiger partial charge >= 0.3 is 5.97 Å². The second-order valence-electron chi connectivity index (χ2n) is 3.85. The van der Waals surface area contributed by atoms with Crippen LogP contribution in [0.1, 0.15) is 10.4 Å². The molecule has 1 amide bonds. The van der Waals surface area contributed by atoms with Gasteiger partial charge in [-0.2, -0.15) is 0 Å². The molecule has 7 heteroatoms. The van der Waals surface area contributed by atoms with Crippen LogP contribution in [0.25, 0.3) is 0 Å². The highest BCUT2D eigenvalue weighted by Gasteiger charge is 2.25. The van der Waals surface area contributed by atoms with Gasteiger partial charge in [-0.05, 0) is 12.1 Å². The van der Waals surface area contributed by atoms with Crippen molar-refractivity contribution in [1.82, 2.24) is 5.32 Å². The summed E-state index contributed by atoms with van der Waals surface area (Å²) in [5.41, 5.74) is 0.122. The number of fused-ring (bicyclic) bond motifs is 1. The highest BCUT2D eigenvalue weighted by Crippen LogP contribution is 2.33. The van der Waals surface area contributed by atoms with Crippen molar-refractivity contribution in [3.63, 3.8) is 0 Å². The van der Waals surface area contributed by atoms with Crippen LogP contribution in [0.3, 0.4) is 0 Å². The molecule has 0 spiro atoms. The largest absolute Gasteiger partial charge is 0.486 e. The standard InChI is InChI=1S/C12H12FNO5/c13-6-8(12(16)17)14-11(15)7-2-1-3-9-10(7)19-5-4-18-9/h1-3,8H,4-6H2,(H,14,15)(H,16,17). The number of rotatable bonds is 4. The van der Waals surface area contributed by atoms with E-state index < -0.39 is 24.6 Å². The number of nitrogens with one attached hydrogen (secondary N) is 1. The Morgan fingerprint density at radius 1 is 1.37 bits per heavy atom. The first kappa shape index (κ1) is 13.1. The van der Waals surface area contributed by atoms with Crippen LogP contribution in [-0.4, -0.2) is 42.9 Å². The number of benzene rings is 1. The molecule has 2 rings (SSSR count). The fourth-order valence-electron chi connectivity index (χ4n) is 1.65. The van der Waals surface area contributed by atoms with Crippen LogP contribution < -0.4 is 14.8 Å². The van der Waals surface area contributed by atoms with E-state index in [1.165, 1.54) is 6.07 Å². The van der Waals surface area contributed by atoms with Crippen LogP contribution in [0, 0.1) is 0 Å². The number of carboxylic acids is 1. The molecule has 2 N–H and O–H groups in total. The van der Waals surface area contributed by atoms with Crippen LogP contribution >= 0.6 is 0 Å². The van der Waals surface area contributed by atoms with Gasteiger partial charge in [-0.1, -0.05) is 6.07 Å². The van der Waals surface area contributed by atoms with Crippen molar-refractivity contribution in [1.29, 1.82) is 0 Å². The molecule has 1 aromatic carbocycles. The highest BCUT2D eigenvalue weighted by molar-refractivity contribution is 5.99. The average molecular weight is 269 g/mol. The molecule has 19 heavy (non-hydrogen) atoms. The molecule has 1 aliphatic heterocycles. The topological polar surface area (TPSA) is 84.9 Å². The Bertz CT molecular complexity index is 505. The number of carbonyl (C=O) groups excluding carboxylic acids is 1. The minimum Gasteiger partial charge on any atom is -0.486 e. The molecule has 102 valence electrons. The van der Waals surface area contributed by atoms with E-state index in [-0.39, 0.29) is 11.3 Å². The second-order valence-corrected chi connectivity index (χ2v) is 3.85. The zero-order chi connectivity index (χ0) is 13.8. The van der Waals surface area contributed by atoms with E-state index in [1.54, 1.807) is 12.1 Å². The zero-order valence-corrected chi connectivity index (χ0v) is 9.89. The molecule has 1 aromatic rings. The van der Waals surface area contributed by atoms with Crippen molar-refractivity contribution in [3.05, 3.63) is 23.8 Å². The minimum atomic E-state index is -1.58. The molecular weight excluding hydrogens is 257 g/mol. The Hall–Kier alpha value is -2.31. The first-order valence-corrected chi connectivity index (χ1v) is 5.61. The van der Waals surface area contributed by atoms with Crippen molar-refractivity contribution < 1.29 is 28.6 Å². The van der Waals surface area contributed by atoms with Crippen LogP contribution in [0.4, 0.5) is 4.39 Å². The highest BCUT2D eigenvalue weighted by atomic mass is 19.1. The summed E-state index contributed by atoms with van der Waals surface area (Å²) in [5, 5.41) is 10.8. The predicted octanol–water partition coefficient (Wildman–Crippen LogP) is 0.610. The Morgan fingerprint density at radius 2 is 2.11 bits per heavy atom. The average Bonchev–Trinajstić information content (AvgIpc) is 2.43. The van der Waals surface area contributed by atoms with Crippen LogP contribution in [0.2, 0.25) is 0 Å². The van der Waals surface area contributed by atoms with Crippen molar-refractivity contribution in [2.75, 3.05) is 19.9 Å². The second kappa shape index (κ2) is 5.55. The number of halogens is 1. The maximum absolute atomic E-state index is 12.5. The molecule has 0 saturated carbocycles. The Labute approximate surface area is 108 Å². The van der Waals surface area contributed by atoms with E-state index in [1.807, 2.05) is 0 Å².